The van der Waals surface area contributed by atoms with E-state index in [4.69, 9.17) is 0 Å². The van der Waals surface area contributed by atoms with Crippen molar-refractivity contribution in [3.63, 3.8) is 0 Å². The van der Waals surface area contributed by atoms with E-state index in [1.165, 1.54) is 0 Å². The van der Waals surface area contributed by atoms with Crippen LogP contribution in [0.5, 0.6) is 0 Å². The Bertz CT molecular complexity index is 922. The summed E-state index contributed by atoms with van der Waals surface area (Å²) in [5.74, 6) is -4.05. The van der Waals surface area contributed by atoms with Gasteiger partial charge in [-0.1, -0.05) is 0 Å². The van der Waals surface area contributed by atoms with Crippen LogP contribution in [0.4, 0.5) is 40.8 Å². The van der Waals surface area contributed by atoms with Crippen molar-refractivity contribution >= 4 is 17.5 Å². The molecule has 0 aliphatic heterocycles. The topological polar surface area (TPSA) is 58.2 Å². The second kappa shape index (κ2) is 8.67. The predicted molar refractivity (Wildman–Crippen MR) is 88.4 cm³/mol. The Balaban J connectivity index is 2.03. The maximum atomic E-state index is 13.5. The molecule has 2 aromatic rings. The van der Waals surface area contributed by atoms with E-state index in [2.05, 4.69) is 5.32 Å². The summed E-state index contributed by atoms with van der Waals surface area (Å²) in [5, 5.41) is 4.01. The number of benzene rings is 2. The lowest BCUT2D eigenvalue weighted by molar-refractivity contribution is -0.143. The number of carbonyl (C=O) groups is 2. The molecule has 0 aromatic heterocycles. The third-order valence-electron chi connectivity index (χ3n) is 3.68. The first kappa shape index (κ1) is 23.1. The van der Waals surface area contributed by atoms with Crippen molar-refractivity contribution in [1.29, 1.82) is 0 Å². The number of nitrogens with one attached hydrogen (secondary N) is 2. The second-order valence-corrected chi connectivity index (χ2v) is 5.97. The monoisotopic (exact) mass is 440 g/mol. The van der Waals surface area contributed by atoms with Gasteiger partial charge in [0.15, 0.2) is 0 Å². The highest BCUT2D eigenvalue weighted by atomic mass is 19.4. The van der Waals surface area contributed by atoms with Crippen molar-refractivity contribution < 1.29 is 44.7 Å². The molecule has 2 amide bonds. The maximum absolute atomic E-state index is 13.5. The predicted octanol–water partition coefficient (Wildman–Crippen LogP) is 4.76. The lowest BCUT2D eigenvalue weighted by Gasteiger charge is -2.15. The molecule has 0 saturated carbocycles. The fourth-order valence-corrected chi connectivity index (χ4v) is 2.31. The van der Waals surface area contributed by atoms with Crippen LogP contribution in [0.1, 0.15) is 27.9 Å². The molecule has 2 rings (SSSR count). The highest BCUT2D eigenvalue weighted by molar-refractivity contribution is 5.95. The van der Waals surface area contributed by atoms with Crippen LogP contribution in [0.3, 0.4) is 0 Å². The van der Waals surface area contributed by atoms with Crippen LogP contribution >= 0.6 is 0 Å². The third kappa shape index (κ3) is 6.16. The Kier molecular flexibility index (Phi) is 6.68. The highest BCUT2D eigenvalue weighted by Gasteiger charge is 2.37. The van der Waals surface area contributed by atoms with Gasteiger partial charge in [-0.3, -0.25) is 9.59 Å². The summed E-state index contributed by atoms with van der Waals surface area (Å²) >= 11 is 0. The van der Waals surface area contributed by atoms with Gasteiger partial charge >= 0.3 is 12.4 Å². The van der Waals surface area contributed by atoms with E-state index < -0.39 is 71.1 Å². The van der Waals surface area contributed by atoms with E-state index in [-0.39, 0.29) is 6.07 Å². The van der Waals surface area contributed by atoms with Crippen molar-refractivity contribution in [3.05, 3.63) is 64.7 Å². The van der Waals surface area contributed by atoms with E-state index >= 15 is 0 Å². The molecule has 162 valence electrons. The standard InChI is InChI=1S/C18H12F8N2O2/c19-11-1-2-13(14(20)8-11)16(30)27-4-3-15(29)28-12-6-9(17(21,22)23)5-10(7-12)18(24,25)26/h1-2,5-8H,3-4H2,(H,27,30)(H,28,29). The van der Waals surface area contributed by atoms with Gasteiger partial charge in [0.25, 0.3) is 5.91 Å². The number of amides is 2. The summed E-state index contributed by atoms with van der Waals surface area (Å²) in [6.45, 7) is -0.410. The average molecular weight is 440 g/mol. The van der Waals surface area contributed by atoms with Crippen LogP contribution < -0.4 is 10.6 Å². The fraction of sp³-hybridized carbons (Fsp3) is 0.222. The molecule has 0 fully saturated rings. The Labute approximate surface area is 163 Å². The smallest absolute Gasteiger partial charge is 0.351 e. The van der Waals surface area contributed by atoms with E-state index in [0.717, 1.165) is 12.1 Å². The number of alkyl halides is 6. The Morgan fingerprint density at radius 3 is 1.90 bits per heavy atom. The first-order valence-electron chi connectivity index (χ1n) is 8.10. The number of carbonyl (C=O) groups excluding carboxylic acids is 2. The van der Waals surface area contributed by atoms with Crippen LogP contribution in [0.15, 0.2) is 36.4 Å². The third-order valence-corrected chi connectivity index (χ3v) is 3.68. The summed E-state index contributed by atoms with van der Waals surface area (Å²) in [6, 6.07) is 2.73. The van der Waals surface area contributed by atoms with Crippen molar-refractivity contribution in [2.24, 2.45) is 0 Å². The number of halogens is 8. The Morgan fingerprint density at radius 1 is 0.833 bits per heavy atom. The zero-order chi connectivity index (χ0) is 22.7. The Morgan fingerprint density at radius 2 is 1.40 bits per heavy atom. The summed E-state index contributed by atoms with van der Waals surface area (Å²) in [4.78, 5) is 23.6. The lowest BCUT2D eigenvalue weighted by atomic mass is 10.1. The summed E-state index contributed by atoms with van der Waals surface area (Å²) in [6.07, 6.45) is -10.7. The zero-order valence-electron chi connectivity index (χ0n) is 14.7. The number of hydrogen-bond acceptors (Lipinski definition) is 2. The van der Waals surface area contributed by atoms with E-state index in [1.54, 1.807) is 0 Å². The van der Waals surface area contributed by atoms with Gasteiger partial charge in [0.1, 0.15) is 11.6 Å². The van der Waals surface area contributed by atoms with Crippen molar-refractivity contribution in [1.82, 2.24) is 5.32 Å². The molecule has 0 spiro atoms. The van der Waals surface area contributed by atoms with Crippen molar-refractivity contribution in [2.75, 3.05) is 11.9 Å². The number of rotatable bonds is 5. The van der Waals surface area contributed by atoms with Crippen LogP contribution in [-0.2, 0) is 17.1 Å². The molecule has 0 aliphatic rings. The van der Waals surface area contributed by atoms with Gasteiger partial charge in [-0.2, -0.15) is 26.3 Å². The zero-order valence-corrected chi connectivity index (χ0v) is 14.7. The summed E-state index contributed by atoms with van der Waals surface area (Å²) in [5.41, 5.74) is -4.46. The molecule has 2 N–H and O–H groups in total. The van der Waals surface area contributed by atoms with E-state index in [1.807, 2.05) is 5.32 Å². The molecule has 0 heterocycles. The first-order chi connectivity index (χ1) is 13.8. The minimum absolute atomic E-state index is 0.0902. The van der Waals surface area contributed by atoms with Crippen molar-refractivity contribution in [2.45, 2.75) is 18.8 Å². The van der Waals surface area contributed by atoms with Gasteiger partial charge in [0.05, 0.1) is 16.7 Å². The summed E-state index contributed by atoms with van der Waals surface area (Å²) < 4.78 is 103. The first-order valence-corrected chi connectivity index (χ1v) is 8.10. The minimum atomic E-state index is -5.08. The fourth-order valence-electron chi connectivity index (χ4n) is 2.31. The van der Waals surface area contributed by atoms with Crippen LogP contribution in [0.2, 0.25) is 0 Å². The highest BCUT2D eigenvalue weighted by Crippen LogP contribution is 2.37. The molecular weight excluding hydrogens is 428 g/mol. The van der Waals surface area contributed by atoms with Gasteiger partial charge in [0.2, 0.25) is 5.91 Å². The molecule has 30 heavy (non-hydrogen) atoms. The normalized spacial score (nSPS) is 11.9. The molecule has 0 saturated heterocycles. The minimum Gasteiger partial charge on any atom is -0.351 e. The molecule has 0 bridgehead atoms. The van der Waals surface area contributed by atoms with Gasteiger partial charge in [-0.05, 0) is 30.3 Å². The van der Waals surface area contributed by atoms with E-state index in [9.17, 15) is 44.7 Å². The van der Waals surface area contributed by atoms with Gasteiger partial charge in [-0.15, -0.1) is 0 Å². The SMILES string of the molecule is O=C(CCNC(=O)c1ccc(F)cc1F)Nc1cc(C(F)(F)F)cc(C(F)(F)F)c1. The molecule has 0 aliphatic carbocycles. The average Bonchev–Trinajstić information content (AvgIpc) is 2.59. The second-order valence-electron chi connectivity index (χ2n) is 5.97. The Hall–Kier alpha value is -3.18. The van der Waals surface area contributed by atoms with Crippen LogP contribution in [-0.4, -0.2) is 18.4 Å². The molecule has 2 aromatic carbocycles. The molecular formula is C18H12F8N2O2. The summed E-state index contributed by atoms with van der Waals surface area (Å²) in [7, 11) is 0. The maximum Gasteiger partial charge on any atom is 0.416 e. The quantitative estimate of drug-likeness (QED) is 0.659. The molecule has 4 nitrogen and oxygen atoms in total. The van der Waals surface area contributed by atoms with Crippen LogP contribution in [0, 0.1) is 11.6 Å². The largest absolute Gasteiger partial charge is 0.416 e. The number of anilines is 1. The molecule has 12 heteroatoms. The van der Waals surface area contributed by atoms with Crippen molar-refractivity contribution in [3.8, 4) is 0 Å². The van der Waals surface area contributed by atoms with Gasteiger partial charge in [-0.25, -0.2) is 8.78 Å². The molecule has 0 atom stereocenters. The van der Waals surface area contributed by atoms with Gasteiger partial charge in [0, 0.05) is 24.7 Å². The molecule has 0 radical (unpaired) electrons. The van der Waals surface area contributed by atoms with E-state index in [0.29, 0.717) is 18.2 Å². The van der Waals surface area contributed by atoms with Gasteiger partial charge < -0.3 is 10.6 Å². The molecule has 0 unspecified atom stereocenters. The lowest BCUT2D eigenvalue weighted by Crippen LogP contribution is -2.28. The van der Waals surface area contributed by atoms with Crippen LogP contribution in [0.25, 0.3) is 0 Å². The number of hydrogen-bond donors (Lipinski definition) is 2.